The summed E-state index contributed by atoms with van der Waals surface area (Å²) in [7, 11) is 0. The molecule has 1 aliphatic heterocycles. The maximum Gasteiger partial charge on any atom is 0.297 e. The quantitative estimate of drug-likeness (QED) is 0.488. The van der Waals surface area contributed by atoms with Gasteiger partial charge in [0, 0.05) is 6.42 Å². The van der Waals surface area contributed by atoms with Crippen molar-refractivity contribution in [3.05, 3.63) is 79.6 Å². The van der Waals surface area contributed by atoms with Crippen molar-refractivity contribution in [1.82, 2.24) is 10.2 Å². The Bertz CT molecular complexity index is 1420. The van der Waals surface area contributed by atoms with E-state index in [0.29, 0.717) is 21.7 Å². The Kier molecular flexibility index (Phi) is 4.82. The van der Waals surface area contributed by atoms with E-state index in [1.54, 1.807) is 18.2 Å². The number of hydrogen-bond acceptors (Lipinski definition) is 7. The fourth-order valence-electron chi connectivity index (χ4n) is 4.05. The van der Waals surface area contributed by atoms with Gasteiger partial charge >= 0.3 is 0 Å². The van der Waals surface area contributed by atoms with Gasteiger partial charge in [-0.15, -0.1) is 10.2 Å². The molecule has 1 N–H and O–H groups in total. The lowest BCUT2D eigenvalue weighted by molar-refractivity contribution is 0.0970. The second-order valence-electron chi connectivity index (χ2n) is 8.00. The molecule has 0 aliphatic carbocycles. The molecule has 0 radical (unpaired) electrons. The summed E-state index contributed by atoms with van der Waals surface area (Å²) in [5.74, 6) is -0.298. The summed E-state index contributed by atoms with van der Waals surface area (Å²) >= 11 is 1.34. The standard InChI is InChI=1S/C24H21N3O4S/c1-4-5-18-25-26-24(32-18)27-20(14-6-8-15(28)9-7-14)19-21(29)16-10-12(2)13(3)11-17(16)31-22(19)23(27)30/h6-11,20,28H,4-5H2,1-3H3. The molecule has 4 aromatic rings. The number of aromatic nitrogens is 2. The fourth-order valence-corrected chi connectivity index (χ4v) is 5.02. The molecule has 7 nitrogen and oxygen atoms in total. The molecule has 2 aromatic heterocycles. The van der Waals surface area contributed by atoms with Gasteiger partial charge in [-0.2, -0.15) is 0 Å². The number of nitrogens with zero attached hydrogens (tertiary/aromatic N) is 3. The van der Waals surface area contributed by atoms with Crippen LogP contribution in [0.25, 0.3) is 11.0 Å². The monoisotopic (exact) mass is 447 g/mol. The van der Waals surface area contributed by atoms with Crippen molar-refractivity contribution < 1.29 is 14.3 Å². The van der Waals surface area contributed by atoms with Crippen molar-refractivity contribution in [3.63, 3.8) is 0 Å². The van der Waals surface area contributed by atoms with Crippen LogP contribution in [0.4, 0.5) is 5.13 Å². The number of hydrogen-bond donors (Lipinski definition) is 1. The van der Waals surface area contributed by atoms with E-state index in [9.17, 15) is 14.7 Å². The summed E-state index contributed by atoms with van der Waals surface area (Å²) in [6, 6.07) is 9.36. The molecule has 8 heteroatoms. The van der Waals surface area contributed by atoms with Gasteiger partial charge in [-0.25, -0.2) is 0 Å². The van der Waals surface area contributed by atoms with E-state index in [-0.39, 0.29) is 22.5 Å². The maximum atomic E-state index is 13.6. The first-order valence-electron chi connectivity index (χ1n) is 10.4. The van der Waals surface area contributed by atoms with Crippen molar-refractivity contribution in [1.29, 1.82) is 0 Å². The molecule has 0 bridgehead atoms. The third-order valence-corrected chi connectivity index (χ3v) is 6.80. The number of rotatable bonds is 4. The molecule has 1 amide bonds. The molecule has 1 aliphatic rings. The second-order valence-corrected chi connectivity index (χ2v) is 9.04. The van der Waals surface area contributed by atoms with Gasteiger partial charge < -0.3 is 9.52 Å². The molecule has 0 saturated carbocycles. The number of aromatic hydroxyl groups is 1. The summed E-state index contributed by atoms with van der Waals surface area (Å²) in [5.41, 5.74) is 3.06. The number of aryl methyl sites for hydroxylation is 3. The number of phenols is 1. The van der Waals surface area contributed by atoms with Gasteiger partial charge in [-0.05, 0) is 61.2 Å². The summed E-state index contributed by atoms with van der Waals surface area (Å²) in [6.07, 6.45) is 1.67. The van der Waals surface area contributed by atoms with E-state index < -0.39 is 11.9 Å². The highest BCUT2D eigenvalue weighted by Gasteiger charge is 2.45. The minimum atomic E-state index is -0.720. The molecule has 0 spiro atoms. The molecule has 1 unspecified atom stereocenters. The minimum absolute atomic E-state index is 0.0241. The highest BCUT2D eigenvalue weighted by molar-refractivity contribution is 7.15. The van der Waals surface area contributed by atoms with Crippen LogP contribution in [0, 0.1) is 13.8 Å². The number of carbonyl (C=O) groups excluding carboxylic acids is 1. The highest BCUT2D eigenvalue weighted by Crippen LogP contribution is 2.42. The van der Waals surface area contributed by atoms with Gasteiger partial charge in [0.25, 0.3) is 5.91 Å². The van der Waals surface area contributed by atoms with E-state index in [0.717, 1.165) is 29.0 Å². The van der Waals surface area contributed by atoms with Crippen LogP contribution >= 0.6 is 11.3 Å². The Balaban J connectivity index is 1.77. The van der Waals surface area contributed by atoms with Crippen molar-refractivity contribution in [2.45, 2.75) is 39.7 Å². The summed E-state index contributed by atoms with van der Waals surface area (Å²) in [6.45, 7) is 5.92. The fraction of sp³-hybridized carbons (Fsp3) is 0.250. The molecule has 0 saturated heterocycles. The topological polar surface area (TPSA) is 96.5 Å². The zero-order valence-corrected chi connectivity index (χ0v) is 18.7. The number of benzene rings is 2. The van der Waals surface area contributed by atoms with Gasteiger partial charge in [0.2, 0.25) is 10.9 Å². The van der Waals surface area contributed by atoms with E-state index >= 15 is 0 Å². The third-order valence-electron chi connectivity index (χ3n) is 5.82. The van der Waals surface area contributed by atoms with Crippen LogP contribution < -0.4 is 10.3 Å². The lowest BCUT2D eigenvalue weighted by Gasteiger charge is -2.22. The summed E-state index contributed by atoms with van der Waals surface area (Å²) in [5, 5.41) is 19.9. The number of amides is 1. The Hall–Kier alpha value is -3.52. The van der Waals surface area contributed by atoms with E-state index in [1.165, 1.54) is 28.4 Å². The molecule has 0 fully saturated rings. The SMILES string of the molecule is CCCc1nnc(N2C(=O)c3oc4cc(C)c(C)cc4c(=O)c3C2c2ccc(O)cc2)s1. The van der Waals surface area contributed by atoms with Gasteiger partial charge in [0.05, 0.1) is 17.0 Å². The summed E-state index contributed by atoms with van der Waals surface area (Å²) in [4.78, 5) is 28.7. The van der Waals surface area contributed by atoms with E-state index in [4.69, 9.17) is 4.42 Å². The number of phenolic OH excluding ortho intramolecular Hbond substituents is 1. The highest BCUT2D eigenvalue weighted by atomic mass is 32.1. The normalized spacial score (nSPS) is 15.5. The molecule has 162 valence electrons. The van der Waals surface area contributed by atoms with Crippen LogP contribution in [0.15, 0.2) is 45.6 Å². The van der Waals surface area contributed by atoms with Crippen LogP contribution in [-0.2, 0) is 6.42 Å². The van der Waals surface area contributed by atoms with E-state index in [2.05, 4.69) is 17.1 Å². The first kappa shape index (κ1) is 20.4. The van der Waals surface area contributed by atoms with Crippen LogP contribution in [-0.4, -0.2) is 21.2 Å². The molecular weight excluding hydrogens is 426 g/mol. The predicted octanol–water partition coefficient (Wildman–Crippen LogP) is 4.67. The Morgan fingerprint density at radius 2 is 1.81 bits per heavy atom. The first-order valence-corrected chi connectivity index (χ1v) is 11.2. The first-order chi connectivity index (χ1) is 15.4. The molecule has 1 atom stereocenters. The van der Waals surface area contributed by atoms with Crippen molar-refractivity contribution in [2.75, 3.05) is 4.90 Å². The van der Waals surface area contributed by atoms with Crippen LogP contribution in [0.2, 0.25) is 0 Å². The van der Waals surface area contributed by atoms with Crippen molar-refractivity contribution in [3.8, 4) is 5.75 Å². The number of anilines is 1. The average molecular weight is 448 g/mol. The largest absolute Gasteiger partial charge is 0.508 e. The van der Waals surface area contributed by atoms with Crippen LogP contribution in [0.5, 0.6) is 5.75 Å². The smallest absolute Gasteiger partial charge is 0.297 e. The van der Waals surface area contributed by atoms with Crippen molar-refractivity contribution >= 4 is 33.3 Å². The minimum Gasteiger partial charge on any atom is -0.508 e. The molecule has 3 heterocycles. The van der Waals surface area contributed by atoms with Gasteiger partial charge in [-0.1, -0.05) is 30.4 Å². The summed E-state index contributed by atoms with van der Waals surface area (Å²) < 4.78 is 6.03. The third kappa shape index (κ3) is 3.10. The zero-order chi connectivity index (χ0) is 22.6. The zero-order valence-electron chi connectivity index (χ0n) is 17.9. The lowest BCUT2D eigenvalue weighted by atomic mass is 9.97. The average Bonchev–Trinajstić information content (AvgIpc) is 3.33. The lowest BCUT2D eigenvalue weighted by Crippen LogP contribution is -2.29. The Morgan fingerprint density at radius 1 is 1.09 bits per heavy atom. The van der Waals surface area contributed by atoms with Gasteiger partial charge in [-0.3, -0.25) is 14.5 Å². The van der Waals surface area contributed by atoms with Crippen LogP contribution in [0.1, 0.15) is 57.2 Å². The van der Waals surface area contributed by atoms with Crippen molar-refractivity contribution in [2.24, 2.45) is 0 Å². The maximum absolute atomic E-state index is 13.6. The Morgan fingerprint density at radius 3 is 2.53 bits per heavy atom. The molecule has 5 rings (SSSR count). The molecule has 32 heavy (non-hydrogen) atoms. The molecular formula is C24H21N3O4S. The van der Waals surface area contributed by atoms with Gasteiger partial charge in [0.15, 0.2) is 5.43 Å². The second kappa shape index (κ2) is 7.56. The van der Waals surface area contributed by atoms with Gasteiger partial charge in [0.1, 0.15) is 16.3 Å². The predicted molar refractivity (Wildman–Crippen MR) is 123 cm³/mol. The Labute approximate surface area is 188 Å². The molecule has 2 aromatic carbocycles. The van der Waals surface area contributed by atoms with E-state index in [1.807, 2.05) is 19.9 Å². The number of fused-ring (bicyclic) bond motifs is 2. The number of carbonyl (C=O) groups is 1. The van der Waals surface area contributed by atoms with Crippen LogP contribution in [0.3, 0.4) is 0 Å².